The molecular weight excluding hydrogens is 459 g/mol. The number of carbonyl (C=O) groups is 3. The van der Waals surface area contributed by atoms with Gasteiger partial charge in [-0.25, -0.2) is 9.18 Å². The molecule has 0 bridgehead atoms. The van der Waals surface area contributed by atoms with Gasteiger partial charge in [0.1, 0.15) is 11.6 Å². The van der Waals surface area contributed by atoms with Crippen molar-refractivity contribution in [1.29, 1.82) is 0 Å². The molecule has 0 aliphatic rings. The average molecular weight is 482 g/mol. The summed E-state index contributed by atoms with van der Waals surface area (Å²) in [6.45, 7) is -0.859. The first-order valence-electron chi connectivity index (χ1n) is 10.4. The summed E-state index contributed by atoms with van der Waals surface area (Å²) in [5, 5.41) is 5.17. The molecule has 0 aliphatic carbocycles. The van der Waals surface area contributed by atoms with Gasteiger partial charge in [-0.1, -0.05) is 12.1 Å². The van der Waals surface area contributed by atoms with Crippen molar-refractivity contribution in [1.82, 2.24) is 0 Å². The number of hydrogen-bond donors (Lipinski definition) is 2. The lowest BCUT2D eigenvalue weighted by atomic mass is 10.2. The van der Waals surface area contributed by atoms with E-state index in [2.05, 4.69) is 10.6 Å². The lowest BCUT2D eigenvalue weighted by molar-refractivity contribution is -0.119. The molecule has 3 aromatic carbocycles. The first-order valence-corrected chi connectivity index (χ1v) is 10.4. The van der Waals surface area contributed by atoms with Crippen molar-refractivity contribution in [3.8, 4) is 17.2 Å². The van der Waals surface area contributed by atoms with E-state index in [-0.39, 0.29) is 23.7 Å². The second kappa shape index (κ2) is 12.0. The number of esters is 1. The number of para-hydroxylation sites is 2. The Hall–Kier alpha value is -4.60. The van der Waals surface area contributed by atoms with Gasteiger partial charge in [0.05, 0.1) is 25.5 Å². The highest BCUT2D eigenvalue weighted by Gasteiger charge is 2.15. The number of methoxy groups -OCH3 is 2. The average Bonchev–Trinajstić information content (AvgIpc) is 2.87. The zero-order valence-electron chi connectivity index (χ0n) is 19.0. The minimum atomic E-state index is -0.766. The van der Waals surface area contributed by atoms with Crippen molar-refractivity contribution in [2.45, 2.75) is 0 Å². The minimum absolute atomic E-state index is 0.113. The summed E-state index contributed by atoms with van der Waals surface area (Å²) < 4.78 is 33.9. The standard InChI is InChI=1S/C25H23FN2O7/c1-32-20-6-4-3-5-19(20)28-24(30)14-34-21-12-7-16(13-22(21)33-2)25(31)35-15-23(29)27-18-10-8-17(26)9-11-18/h3-13H,14-15H2,1-2H3,(H,27,29)(H,28,30). The van der Waals surface area contributed by atoms with Gasteiger partial charge in [0.2, 0.25) is 0 Å². The van der Waals surface area contributed by atoms with E-state index >= 15 is 0 Å². The van der Waals surface area contributed by atoms with E-state index < -0.39 is 30.2 Å². The van der Waals surface area contributed by atoms with Crippen LogP contribution in [0.2, 0.25) is 0 Å². The zero-order valence-corrected chi connectivity index (χ0v) is 19.0. The normalized spacial score (nSPS) is 10.1. The molecule has 0 radical (unpaired) electrons. The van der Waals surface area contributed by atoms with Crippen molar-refractivity contribution < 1.29 is 37.7 Å². The molecule has 3 rings (SSSR count). The summed E-state index contributed by atoms with van der Waals surface area (Å²) in [5.74, 6) is -1.28. The van der Waals surface area contributed by atoms with Gasteiger partial charge < -0.3 is 29.6 Å². The number of carbonyl (C=O) groups excluding carboxylic acids is 3. The third-order valence-corrected chi connectivity index (χ3v) is 4.60. The topological polar surface area (TPSA) is 112 Å². The van der Waals surface area contributed by atoms with Crippen LogP contribution in [-0.2, 0) is 14.3 Å². The maximum absolute atomic E-state index is 12.9. The van der Waals surface area contributed by atoms with Gasteiger partial charge in [-0.3, -0.25) is 9.59 Å². The Bertz CT molecular complexity index is 1200. The molecule has 0 fully saturated rings. The summed E-state index contributed by atoms with van der Waals surface area (Å²) in [6.07, 6.45) is 0. The maximum Gasteiger partial charge on any atom is 0.338 e. The predicted molar refractivity (Wildman–Crippen MR) is 125 cm³/mol. The highest BCUT2D eigenvalue weighted by molar-refractivity contribution is 5.96. The molecule has 0 unspecified atom stereocenters. The second-order valence-electron chi connectivity index (χ2n) is 7.03. The van der Waals surface area contributed by atoms with Gasteiger partial charge in [0.25, 0.3) is 11.8 Å². The maximum atomic E-state index is 12.9. The summed E-state index contributed by atoms with van der Waals surface area (Å²) in [6, 6.07) is 16.3. The Labute approximate surface area is 200 Å². The van der Waals surface area contributed by atoms with Crippen LogP contribution >= 0.6 is 0 Å². The molecule has 0 heterocycles. The summed E-state index contributed by atoms with van der Waals surface area (Å²) >= 11 is 0. The SMILES string of the molecule is COc1ccccc1NC(=O)COc1ccc(C(=O)OCC(=O)Nc2ccc(F)cc2)cc1OC. The third kappa shape index (κ3) is 7.19. The van der Waals surface area contributed by atoms with E-state index in [0.717, 1.165) is 0 Å². The van der Waals surface area contributed by atoms with E-state index in [1.807, 2.05) is 0 Å². The van der Waals surface area contributed by atoms with Crippen LogP contribution < -0.4 is 24.8 Å². The molecule has 2 N–H and O–H groups in total. The molecule has 0 saturated carbocycles. The molecular formula is C25H23FN2O7. The lowest BCUT2D eigenvalue weighted by Crippen LogP contribution is -2.21. The van der Waals surface area contributed by atoms with Crippen molar-refractivity contribution in [2.75, 3.05) is 38.1 Å². The fraction of sp³-hybridized carbons (Fsp3) is 0.160. The quantitative estimate of drug-likeness (QED) is 0.424. The van der Waals surface area contributed by atoms with Gasteiger partial charge in [0.15, 0.2) is 24.7 Å². The van der Waals surface area contributed by atoms with E-state index in [1.165, 1.54) is 56.7 Å². The lowest BCUT2D eigenvalue weighted by Gasteiger charge is -2.13. The molecule has 2 amide bonds. The van der Waals surface area contributed by atoms with Crippen LogP contribution in [0.4, 0.5) is 15.8 Å². The van der Waals surface area contributed by atoms with Gasteiger partial charge >= 0.3 is 5.97 Å². The highest BCUT2D eigenvalue weighted by Crippen LogP contribution is 2.29. The first kappa shape index (κ1) is 25.0. The fourth-order valence-electron chi connectivity index (χ4n) is 2.94. The van der Waals surface area contributed by atoms with Gasteiger partial charge in [-0.15, -0.1) is 0 Å². The van der Waals surface area contributed by atoms with Crippen LogP contribution in [0, 0.1) is 5.82 Å². The van der Waals surface area contributed by atoms with E-state index in [1.54, 1.807) is 24.3 Å². The highest BCUT2D eigenvalue weighted by atomic mass is 19.1. The van der Waals surface area contributed by atoms with Crippen molar-refractivity contribution >= 4 is 29.2 Å². The monoisotopic (exact) mass is 482 g/mol. The largest absolute Gasteiger partial charge is 0.495 e. The number of anilines is 2. The Morgan fingerprint density at radius 2 is 1.46 bits per heavy atom. The number of hydrogen-bond acceptors (Lipinski definition) is 7. The van der Waals surface area contributed by atoms with Crippen LogP contribution in [0.15, 0.2) is 66.7 Å². The molecule has 10 heteroatoms. The molecule has 0 spiro atoms. The Morgan fingerprint density at radius 1 is 0.771 bits per heavy atom. The molecule has 182 valence electrons. The second-order valence-corrected chi connectivity index (χ2v) is 7.03. The number of rotatable bonds is 10. The van der Waals surface area contributed by atoms with Crippen LogP contribution in [-0.4, -0.2) is 45.2 Å². The molecule has 35 heavy (non-hydrogen) atoms. The smallest absolute Gasteiger partial charge is 0.338 e. The van der Waals surface area contributed by atoms with Gasteiger partial charge in [-0.2, -0.15) is 0 Å². The fourth-order valence-corrected chi connectivity index (χ4v) is 2.94. The van der Waals surface area contributed by atoms with Crippen LogP contribution in [0.3, 0.4) is 0 Å². The predicted octanol–water partition coefficient (Wildman–Crippen LogP) is 3.66. The Morgan fingerprint density at radius 3 is 2.17 bits per heavy atom. The van der Waals surface area contributed by atoms with E-state index in [9.17, 15) is 18.8 Å². The van der Waals surface area contributed by atoms with Crippen molar-refractivity contribution in [3.05, 3.63) is 78.1 Å². The first-order chi connectivity index (χ1) is 16.9. The molecule has 9 nitrogen and oxygen atoms in total. The van der Waals surface area contributed by atoms with Crippen LogP contribution in [0.1, 0.15) is 10.4 Å². The Balaban J connectivity index is 1.54. The number of benzene rings is 3. The molecule has 0 saturated heterocycles. The van der Waals surface area contributed by atoms with E-state index in [0.29, 0.717) is 17.1 Å². The Kier molecular flexibility index (Phi) is 8.60. The number of nitrogens with one attached hydrogen (secondary N) is 2. The number of ether oxygens (including phenoxy) is 4. The van der Waals surface area contributed by atoms with E-state index in [4.69, 9.17) is 18.9 Å². The zero-order chi connectivity index (χ0) is 25.2. The minimum Gasteiger partial charge on any atom is -0.495 e. The third-order valence-electron chi connectivity index (χ3n) is 4.60. The summed E-state index contributed by atoms with van der Waals surface area (Å²) in [4.78, 5) is 36.6. The number of halogens is 1. The molecule has 0 atom stereocenters. The summed E-state index contributed by atoms with van der Waals surface area (Å²) in [7, 11) is 2.87. The van der Waals surface area contributed by atoms with Crippen molar-refractivity contribution in [2.24, 2.45) is 0 Å². The number of amides is 2. The van der Waals surface area contributed by atoms with Crippen molar-refractivity contribution in [3.63, 3.8) is 0 Å². The summed E-state index contributed by atoms with van der Waals surface area (Å²) in [5.41, 5.74) is 0.977. The van der Waals surface area contributed by atoms with Crippen LogP contribution in [0.25, 0.3) is 0 Å². The molecule has 0 aromatic heterocycles. The van der Waals surface area contributed by atoms with Crippen LogP contribution in [0.5, 0.6) is 17.2 Å². The molecule has 3 aromatic rings. The van der Waals surface area contributed by atoms with Gasteiger partial charge in [-0.05, 0) is 54.6 Å². The molecule has 0 aliphatic heterocycles. The van der Waals surface area contributed by atoms with Gasteiger partial charge in [0, 0.05) is 5.69 Å².